The molecule has 2 rings (SSSR count). The van der Waals surface area contributed by atoms with Gasteiger partial charge in [-0.25, -0.2) is 4.98 Å². The molecule has 1 aliphatic carbocycles. The number of amidine groups is 1. The van der Waals surface area contributed by atoms with Gasteiger partial charge < -0.3 is 15.7 Å². The summed E-state index contributed by atoms with van der Waals surface area (Å²) >= 11 is 6.22. The summed E-state index contributed by atoms with van der Waals surface area (Å²) in [5, 5.41) is 18.2. The van der Waals surface area contributed by atoms with Gasteiger partial charge in [0.15, 0.2) is 0 Å². The minimum absolute atomic E-state index is 0.0818. The number of nitrogens with one attached hydrogen (secondary N) is 1. The van der Waals surface area contributed by atoms with Crippen LogP contribution >= 0.6 is 11.6 Å². The maximum absolute atomic E-state index is 10.4. The number of hydrogen-bond donors (Lipinski definition) is 3. The lowest BCUT2D eigenvalue weighted by atomic mass is 10.0. The van der Waals surface area contributed by atoms with E-state index in [4.69, 9.17) is 22.7 Å². The van der Waals surface area contributed by atoms with Gasteiger partial charge >= 0.3 is 0 Å². The van der Waals surface area contributed by atoms with Crippen LogP contribution in [0.5, 0.6) is 0 Å². The molecule has 6 heteroatoms. The van der Waals surface area contributed by atoms with Crippen molar-refractivity contribution in [2.24, 2.45) is 5.73 Å². The number of nitrogen functional groups attached to an aromatic ring is 1. The molecule has 0 aromatic carbocycles. The predicted molar refractivity (Wildman–Crippen MR) is 77.0 cm³/mol. The molecule has 19 heavy (non-hydrogen) atoms. The van der Waals surface area contributed by atoms with Crippen LogP contribution in [0.3, 0.4) is 0 Å². The SMILES string of the molecule is CN(CC1(O)CCCC1)c1nccc(C(=N)N)c1Cl. The first-order valence-electron chi connectivity index (χ1n) is 6.35. The molecular weight excluding hydrogens is 264 g/mol. The molecule has 0 aliphatic heterocycles. The molecule has 4 N–H and O–H groups in total. The first-order chi connectivity index (χ1) is 8.93. The third-order valence-corrected chi connectivity index (χ3v) is 3.96. The Hall–Kier alpha value is -1.33. The number of aliphatic hydroxyl groups is 1. The van der Waals surface area contributed by atoms with Gasteiger partial charge in [-0.05, 0) is 18.9 Å². The summed E-state index contributed by atoms with van der Waals surface area (Å²) in [5.41, 5.74) is 5.29. The number of anilines is 1. The van der Waals surface area contributed by atoms with Crippen molar-refractivity contribution in [3.63, 3.8) is 0 Å². The summed E-state index contributed by atoms with van der Waals surface area (Å²) in [6.45, 7) is 0.487. The Bertz CT molecular complexity index is 486. The van der Waals surface area contributed by atoms with E-state index in [2.05, 4.69) is 4.98 Å². The summed E-state index contributed by atoms with van der Waals surface area (Å²) in [6, 6.07) is 1.62. The molecule has 0 unspecified atom stereocenters. The highest BCUT2D eigenvalue weighted by Gasteiger charge is 2.33. The van der Waals surface area contributed by atoms with Crippen LogP contribution in [0.2, 0.25) is 5.02 Å². The van der Waals surface area contributed by atoms with Crippen molar-refractivity contribution in [1.82, 2.24) is 4.98 Å². The van der Waals surface area contributed by atoms with Crippen LogP contribution < -0.4 is 10.6 Å². The van der Waals surface area contributed by atoms with Gasteiger partial charge in [0.05, 0.1) is 10.6 Å². The van der Waals surface area contributed by atoms with E-state index in [9.17, 15) is 5.11 Å². The number of aromatic nitrogens is 1. The summed E-state index contributed by atoms with van der Waals surface area (Å²) in [6.07, 6.45) is 5.30. The van der Waals surface area contributed by atoms with Gasteiger partial charge in [0, 0.05) is 25.4 Å². The summed E-state index contributed by atoms with van der Waals surface area (Å²) in [5.74, 6) is 0.469. The average Bonchev–Trinajstić information content (AvgIpc) is 2.75. The number of rotatable bonds is 4. The quantitative estimate of drug-likeness (QED) is 0.580. The van der Waals surface area contributed by atoms with Gasteiger partial charge in [-0.1, -0.05) is 24.4 Å². The van der Waals surface area contributed by atoms with Crippen LogP contribution in [0, 0.1) is 5.41 Å². The van der Waals surface area contributed by atoms with Crippen molar-refractivity contribution >= 4 is 23.3 Å². The van der Waals surface area contributed by atoms with Crippen LogP contribution in [0.25, 0.3) is 0 Å². The highest BCUT2D eigenvalue weighted by atomic mass is 35.5. The molecule has 1 aromatic heterocycles. The molecule has 0 amide bonds. The van der Waals surface area contributed by atoms with Crippen molar-refractivity contribution < 1.29 is 5.11 Å². The van der Waals surface area contributed by atoms with Gasteiger partial charge in [-0.2, -0.15) is 0 Å². The highest BCUT2D eigenvalue weighted by molar-refractivity contribution is 6.36. The van der Waals surface area contributed by atoms with E-state index in [0.29, 0.717) is 22.9 Å². The maximum Gasteiger partial charge on any atom is 0.147 e. The topological polar surface area (TPSA) is 86.2 Å². The number of nitrogens with two attached hydrogens (primary N) is 1. The summed E-state index contributed by atoms with van der Waals surface area (Å²) < 4.78 is 0. The van der Waals surface area contributed by atoms with E-state index in [1.54, 1.807) is 12.3 Å². The second kappa shape index (κ2) is 5.35. The number of nitrogens with zero attached hydrogens (tertiary/aromatic N) is 2. The van der Waals surface area contributed by atoms with Gasteiger partial charge in [0.2, 0.25) is 0 Å². The molecule has 0 atom stereocenters. The number of likely N-dealkylation sites (N-methyl/N-ethyl adjacent to an activating group) is 1. The van der Waals surface area contributed by atoms with Crippen molar-refractivity contribution in [3.8, 4) is 0 Å². The fourth-order valence-corrected chi connectivity index (χ4v) is 2.97. The Kier molecular flexibility index (Phi) is 3.96. The Morgan fingerprint density at radius 1 is 1.58 bits per heavy atom. The number of pyridine rings is 1. The van der Waals surface area contributed by atoms with E-state index in [0.717, 1.165) is 25.7 Å². The molecule has 5 nitrogen and oxygen atoms in total. The zero-order valence-electron chi connectivity index (χ0n) is 11.0. The molecular formula is C13H19ClN4O. The molecule has 1 fully saturated rings. The van der Waals surface area contributed by atoms with Crippen molar-refractivity contribution in [2.75, 3.05) is 18.5 Å². The Morgan fingerprint density at radius 3 is 2.79 bits per heavy atom. The van der Waals surface area contributed by atoms with Crippen LogP contribution in [0.1, 0.15) is 31.2 Å². The van der Waals surface area contributed by atoms with E-state index in [1.165, 1.54) is 0 Å². The van der Waals surface area contributed by atoms with Crippen LogP contribution in [0.15, 0.2) is 12.3 Å². The van der Waals surface area contributed by atoms with Gasteiger partial charge in [-0.3, -0.25) is 5.41 Å². The van der Waals surface area contributed by atoms with E-state index < -0.39 is 5.60 Å². The fraction of sp³-hybridized carbons (Fsp3) is 0.538. The predicted octanol–water partition coefficient (Wildman–Crippen LogP) is 1.76. The minimum atomic E-state index is -0.661. The molecule has 0 bridgehead atoms. The lowest BCUT2D eigenvalue weighted by Crippen LogP contribution is -2.39. The van der Waals surface area contributed by atoms with Crippen molar-refractivity contribution in [3.05, 3.63) is 22.8 Å². The average molecular weight is 283 g/mol. The third-order valence-electron chi connectivity index (χ3n) is 3.59. The largest absolute Gasteiger partial charge is 0.388 e. The zero-order chi connectivity index (χ0) is 14.0. The maximum atomic E-state index is 10.4. The highest BCUT2D eigenvalue weighted by Crippen LogP contribution is 2.33. The Labute approximate surface area is 117 Å². The zero-order valence-corrected chi connectivity index (χ0v) is 11.7. The first kappa shape index (κ1) is 14.1. The molecule has 0 radical (unpaired) electrons. The van der Waals surface area contributed by atoms with Gasteiger partial charge in [-0.15, -0.1) is 0 Å². The Morgan fingerprint density at radius 2 is 2.21 bits per heavy atom. The third kappa shape index (κ3) is 2.98. The Balaban J connectivity index is 2.21. The molecule has 1 aromatic rings. The van der Waals surface area contributed by atoms with Gasteiger partial charge in [0.1, 0.15) is 11.7 Å². The van der Waals surface area contributed by atoms with E-state index >= 15 is 0 Å². The van der Waals surface area contributed by atoms with Crippen molar-refractivity contribution in [2.45, 2.75) is 31.3 Å². The molecule has 0 spiro atoms. The molecule has 1 heterocycles. The smallest absolute Gasteiger partial charge is 0.147 e. The van der Waals surface area contributed by atoms with Crippen LogP contribution in [-0.2, 0) is 0 Å². The fourth-order valence-electron chi connectivity index (χ4n) is 2.61. The van der Waals surface area contributed by atoms with Gasteiger partial charge in [0.25, 0.3) is 0 Å². The second-order valence-corrected chi connectivity index (χ2v) is 5.58. The minimum Gasteiger partial charge on any atom is -0.388 e. The summed E-state index contributed by atoms with van der Waals surface area (Å²) in [4.78, 5) is 6.06. The number of hydrogen-bond acceptors (Lipinski definition) is 4. The van der Waals surface area contributed by atoms with E-state index in [1.807, 2.05) is 11.9 Å². The normalized spacial score (nSPS) is 17.4. The number of halogens is 1. The summed E-state index contributed by atoms with van der Waals surface area (Å²) in [7, 11) is 1.84. The first-order valence-corrected chi connectivity index (χ1v) is 6.73. The second-order valence-electron chi connectivity index (χ2n) is 5.20. The standard InChI is InChI=1S/C13H19ClN4O/c1-18(8-13(19)5-2-3-6-13)12-10(14)9(11(15)16)4-7-17-12/h4,7,19H,2-3,5-6,8H2,1H3,(H3,15,16). The van der Waals surface area contributed by atoms with Crippen LogP contribution in [-0.4, -0.2) is 35.1 Å². The monoisotopic (exact) mass is 282 g/mol. The van der Waals surface area contributed by atoms with Crippen LogP contribution in [0.4, 0.5) is 5.82 Å². The molecule has 104 valence electrons. The lowest BCUT2D eigenvalue weighted by molar-refractivity contribution is 0.0558. The molecule has 0 saturated heterocycles. The van der Waals surface area contributed by atoms with E-state index in [-0.39, 0.29) is 5.84 Å². The lowest BCUT2D eigenvalue weighted by Gasteiger charge is -2.30. The van der Waals surface area contributed by atoms with Crippen molar-refractivity contribution in [1.29, 1.82) is 5.41 Å². The molecule has 1 aliphatic rings. The molecule has 1 saturated carbocycles.